The molecule has 1 unspecified atom stereocenters. The summed E-state index contributed by atoms with van der Waals surface area (Å²) in [6, 6.07) is 1.72. The number of hydrogen-bond acceptors (Lipinski definition) is 3. The fourth-order valence-corrected chi connectivity index (χ4v) is 2.90. The molecule has 1 aliphatic rings. The van der Waals surface area contributed by atoms with Gasteiger partial charge in [-0.2, -0.15) is 24.5 Å². The molecule has 0 radical (unpaired) electrons. The summed E-state index contributed by atoms with van der Waals surface area (Å²) in [5.41, 5.74) is -2.11. The minimum atomic E-state index is -4.86. The predicted octanol–water partition coefficient (Wildman–Crippen LogP) is 2.16. The first-order chi connectivity index (χ1) is 9.26. The van der Waals surface area contributed by atoms with E-state index >= 15 is 0 Å². The Kier molecular flexibility index (Phi) is 3.77. The molecule has 1 N–H and O–H groups in total. The summed E-state index contributed by atoms with van der Waals surface area (Å²) in [7, 11) is 0. The maximum Gasteiger partial charge on any atom is 0.406 e. The lowest BCUT2D eigenvalue weighted by atomic mass is 9.86. The largest absolute Gasteiger partial charge is 0.481 e. The van der Waals surface area contributed by atoms with Crippen molar-refractivity contribution in [3.8, 4) is 0 Å². The molecule has 1 aromatic rings. The maximum atomic E-state index is 13.0. The fourth-order valence-electron chi connectivity index (χ4n) is 2.23. The number of hydrogen-bond donors (Lipinski definition) is 1. The van der Waals surface area contributed by atoms with E-state index in [1.54, 1.807) is 16.8 Å². The fraction of sp³-hybridized carbons (Fsp3) is 0.500. The molecule has 1 atom stereocenters. The van der Waals surface area contributed by atoms with Crippen molar-refractivity contribution < 1.29 is 27.9 Å². The molecule has 0 spiro atoms. The number of halogens is 3. The first-order valence-corrected chi connectivity index (χ1v) is 6.79. The summed E-state index contributed by atoms with van der Waals surface area (Å²) in [6.45, 7) is -0.996. The van der Waals surface area contributed by atoms with E-state index < -0.39 is 36.4 Å². The monoisotopic (exact) mass is 307 g/mol. The highest BCUT2D eigenvalue weighted by molar-refractivity contribution is 7.07. The topological polar surface area (TPSA) is 57.6 Å². The van der Waals surface area contributed by atoms with Gasteiger partial charge < -0.3 is 10.0 Å². The highest BCUT2D eigenvalue weighted by atomic mass is 32.1. The van der Waals surface area contributed by atoms with Crippen molar-refractivity contribution >= 4 is 23.2 Å². The molecule has 1 amide bonds. The van der Waals surface area contributed by atoms with E-state index in [1.807, 2.05) is 0 Å². The highest BCUT2D eigenvalue weighted by Gasteiger charge is 2.64. The van der Waals surface area contributed by atoms with E-state index in [-0.39, 0.29) is 13.0 Å². The first-order valence-electron chi connectivity index (χ1n) is 5.85. The number of likely N-dealkylation sites (tertiary alicyclic amines) is 1. The zero-order valence-electron chi connectivity index (χ0n) is 10.3. The van der Waals surface area contributed by atoms with E-state index in [0.717, 1.165) is 10.5 Å². The third-order valence-corrected chi connectivity index (χ3v) is 4.24. The zero-order chi connectivity index (χ0) is 15.0. The Labute approximate surface area is 116 Å². The van der Waals surface area contributed by atoms with Crippen LogP contribution >= 0.6 is 11.3 Å². The van der Waals surface area contributed by atoms with Gasteiger partial charge in [-0.15, -0.1) is 0 Å². The van der Waals surface area contributed by atoms with Crippen LogP contribution in [0.25, 0.3) is 0 Å². The van der Waals surface area contributed by atoms with Gasteiger partial charge in [0.2, 0.25) is 5.91 Å². The number of alkyl halides is 3. The Bertz CT molecular complexity index is 515. The van der Waals surface area contributed by atoms with Gasteiger partial charge in [0.15, 0.2) is 5.41 Å². The minimum Gasteiger partial charge on any atom is -0.481 e. The lowest BCUT2D eigenvalue weighted by Gasteiger charge is -2.27. The van der Waals surface area contributed by atoms with E-state index in [9.17, 15) is 22.8 Å². The van der Waals surface area contributed by atoms with E-state index in [1.165, 1.54) is 11.3 Å². The number of rotatable bonds is 3. The van der Waals surface area contributed by atoms with Gasteiger partial charge in [-0.3, -0.25) is 9.59 Å². The second kappa shape index (κ2) is 5.08. The zero-order valence-corrected chi connectivity index (χ0v) is 11.1. The molecule has 1 fully saturated rings. The Morgan fingerprint density at radius 1 is 1.45 bits per heavy atom. The van der Waals surface area contributed by atoms with Crippen LogP contribution in [0.15, 0.2) is 16.8 Å². The van der Waals surface area contributed by atoms with Crippen LogP contribution in [-0.2, 0) is 16.0 Å². The van der Waals surface area contributed by atoms with Gasteiger partial charge in [0.1, 0.15) is 0 Å². The van der Waals surface area contributed by atoms with Crippen LogP contribution < -0.4 is 0 Å². The third-order valence-electron chi connectivity index (χ3n) is 3.51. The van der Waals surface area contributed by atoms with Crippen LogP contribution in [0.3, 0.4) is 0 Å². The van der Waals surface area contributed by atoms with E-state index in [2.05, 4.69) is 0 Å². The van der Waals surface area contributed by atoms with Gasteiger partial charge in [-0.05, 0) is 28.8 Å². The second-order valence-electron chi connectivity index (χ2n) is 4.76. The smallest absolute Gasteiger partial charge is 0.406 e. The summed E-state index contributed by atoms with van der Waals surface area (Å²) in [6.07, 6.45) is -5.46. The van der Waals surface area contributed by atoms with E-state index in [4.69, 9.17) is 5.11 Å². The van der Waals surface area contributed by atoms with Crippen molar-refractivity contribution in [3.05, 3.63) is 22.4 Å². The molecule has 8 heteroatoms. The van der Waals surface area contributed by atoms with Gasteiger partial charge in [0, 0.05) is 13.1 Å². The normalized spacial score (nSPS) is 23.1. The number of carbonyl (C=O) groups excluding carboxylic acids is 1. The number of thiophene rings is 1. The van der Waals surface area contributed by atoms with Gasteiger partial charge >= 0.3 is 12.1 Å². The Morgan fingerprint density at radius 3 is 2.60 bits per heavy atom. The molecule has 20 heavy (non-hydrogen) atoms. The molecule has 4 nitrogen and oxygen atoms in total. The van der Waals surface area contributed by atoms with Crippen molar-refractivity contribution in [3.63, 3.8) is 0 Å². The van der Waals surface area contributed by atoms with Crippen LogP contribution in [0, 0.1) is 5.41 Å². The van der Waals surface area contributed by atoms with Gasteiger partial charge in [-0.25, -0.2) is 0 Å². The van der Waals surface area contributed by atoms with Gasteiger partial charge in [0.05, 0.1) is 6.42 Å². The molecule has 110 valence electrons. The summed E-state index contributed by atoms with van der Waals surface area (Å²) in [4.78, 5) is 23.9. The molecular formula is C12H12F3NO3S. The Balaban J connectivity index is 2.11. The van der Waals surface area contributed by atoms with Gasteiger partial charge in [-0.1, -0.05) is 0 Å². The molecule has 1 aromatic heterocycles. The van der Waals surface area contributed by atoms with Crippen molar-refractivity contribution in [1.82, 2.24) is 4.90 Å². The first kappa shape index (κ1) is 14.8. The number of carboxylic acid groups (broad SMARTS) is 1. The molecule has 1 saturated heterocycles. The highest BCUT2D eigenvalue weighted by Crippen LogP contribution is 2.45. The van der Waals surface area contributed by atoms with Crippen LogP contribution in [0.4, 0.5) is 13.2 Å². The van der Waals surface area contributed by atoms with Gasteiger partial charge in [0.25, 0.3) is 0 Å². The number of aliphatic carboxylic acids is 1. The van der Waals surface area contributed by atoms with Crippen LogP contribution in [0.5, 0.6) is 0 Å². The van der Waals surface area contributed by atoms with Crippen molar-refractivity contribution in [2.24, 2.45) is 5.41 Å². The molecule has 0 bridgehead atoms. The van der Waals surface area contributed by atoms with E-state index in [0.29, 0.717) is 0 Å². The Hall–Kier alpha value is -1.57. The number of carboxylic acids is 1. The Morgan fingerprint density at radius 2 is 2.15 bits per heavy atom. The third kappa shape index (κ3) is 2.52. The van der Waals surface area contributed by atoms with Crippen molar-refractivity contribution in [2.45, 2.75) is 19.0 Å². The standard InChI is InChI=1S/C12H12F3NO3S/c13-12(14,15)11(10(18)19)2-3-16(7-11)9(17)5-8-1-4-20-6-8/h1,4,6H,2-3,5,7H2,(H,18,19). The van der Waals surface area contributed by atoms with Crippen molar-refractivity contribution in [1.29, 1.82) is 0 Å². The molecule has 2 rings (SSSR count). The van der Waals surface area contributed by atoms with Crippen LogP contribution in [0.1, 0.15) is 12.0 Å². The van der Waals surface area contributed by atoms with Crippen LogP contribution in [-0.4, -0.2) is 41.1 Å². The lowest BCUT2D eigenvalue weighted by Crippen LogP contribution is -2.47. The number of amides is 1. The average Bonchev–Trinajstić information content (AvgIpc) is 2.96. The van der Waals surface area contributed by atoms with Crippen molar-refractivity contribution in [2.75, 3.05) is 13.1 Å². The second-order valence-corrected chi connectivity index (χ2v) is 5.54. The molecule has 0 aliphatic carbocycles. The summed E-state index contributed by atoms with van der Waals surface area (Å²) in [5.74, 6) is -2.40. The molecule has 0 saturated carbocycles. The summed E-state index contributed by atoms with van der Waals surface area (Å²) < 4.78 is 38.9. The summed E-state index contributed by atoms with van der Waals surface area (Å²) >= 11 is 1.39. The summed E-state index contributed by atoms with van der Waals surface area (Å²) in [5, 5.41) is 12.4. The average molecular weight is 307 g/mol. The number of carbonyl (C=O) groups is 2. The number of nitrogens with zero attached hydrogens (tertiary/aromatic N) is 1. The molecule has 2 heterocycles. The quantitative estimate of drug-likeness (QED) is 0.931. The molecular weight excluding hydrogens is 295 g/mol. The van der Waals surface area contributed by atoms with Crippen LogP contribution in [0.2, 0.25) is 0 Å². The molecule has 1 aliphatic heterocycles. The SMILES string of the molecule is O=C(Cc1ccsc1)N1CCC(C(=O)O)(C(F)(F)F)C1. The molecule has 0 aromatic carbocycles. The maximum absolute atomic E-state index is 13.0. The lowest BCUT2D eigenvalue weighted by molar-refractivity contribution is -0.227. The predicted molar refractivity (Wildman–Crippen MR) is 65.3 cm³/mol. The minimum absolute atomic E-state index is 0.00292.